The highest BCUT2D eigenvalue weighted by Gasteiger charge is 1.95. The Kier molecular flexibility index (Phi) is 2.87. The van der Waals surface area contributed by atoms with Crippen molar-refractivity contribution in [2.24, 2.45) is 5.14 Å². The highest BCUT2D eigenvalue weighted by Crippen LogP contribution is 2.21. The average molecular weight is 201 g/mol. The third kappa shape index (κ3) is 1.97. The van der Waals surface area contributed by atoms with Crippen LogP contribution in [0, 0.1) is 0 Å². The molecule has 2 heteroatoms. The molecule has 0 heterocycles. The van der Waals surface area contributed by atoms with E-state index in [2.05, 4.69) is 24.3 Å². The largest absolute Gasteiger partial charge is 0.274 e. The molecule has 0 aliphatic carbocycles. The van der Waals surface area contributed by atoms with E-state index in [0.717, 1.165) is 4.90 Å². The molecular formula is C12H11NS. The number of rotatable bonds is 2. The molecule has 14 heavy (non-hydrogen) atoms. The fraction of sp³-hybridized carbons (Fsp3) is 0. The van der Waals surface area contributed by atoms with Crippen LogP contribution in [0.25, 0.3) is 11.1 Å². The molecule has 0 unspecified atom stereocenters. The maximum absolute atomic E-state index is 5.46. The van der Waals surface area contributed by atoms with Crippen LogP contribution in [0.15, 0.2) is 59.5 Å². The second-order valence-electron chi connectivity index (χ2n) is 3.01. The molecular weight excluding hydrogens is 190 g/mol. The van der Waals surface area contributed by atoms with Crippen molar-refractivity contribution in [1.29, 1.82) is 0 Å². The van der Waals surface area contributed by atoms with Crippen LogP contribution in [-0.2, 0) is 0 Å². The standard InChI is InChI=1S/C12H11NS/c13-14-12-8-6-11(7-9-12)10-4-2-1-3-5-10/h1-9H,13H2. The van der Waals surface area contributed by atoms with E-state index in [4.69, 9.17) is 5.14 Å². The SMILES string of the molecule is NSc1ccc(-c2ccccc2)cc1. The van der Waals surface area contributed by atoms with Crippen molar-refractivity contribution in [1.82, 2.24) is 0 Å². The minimum absolute atomic E-state index is 1.09. The summed E-state index contributed by atoms with van der Waals surface area (Å²) in [7, 11) is 0. The predicted octanol–water partition coefficient (Wildman–Crippen LogP) is 3.32. The Morgan fingerprint density at radius 1 is 0.714 bits per heavy atom. The molecule has 0 radical (unpaired) electrons. The average Bonchev–Trinajstić information content (AvgIpc) is 2.30. The molecule has 2 aromatic rings. The van der Waals surface area contributed by atoms with Gasteiger partial charge in [-0.3, -0.25) is 5.14 Å². The van der Waals surface area contributed by atoms with Crippen molar-refractivity contribution in [3.8, 4) is 11.1 Å². The van der Waals surface area contributed by atoms with E-state index in [1.165, 1.54) is 23.1 Å². The summed E-state index contributed by atoms with van der Waals surface area (Å²) in [5, 5.41) is 5.46. The van der Waals surface area contributed by atoms with Crippen molar-refractivity contribution in [2.45, 2.75) is 4.90 Å². The summed E-state index contributed by atoms with van der Waals surface area (Å²) in [5.41, 5.74) is 2.46. The minimum atomic E-state index is 1.09. The number of nitrogens with two attached hydrogens (primary N) is 1. The minimum Gasteiger partial charge on any atom is -0.274 e. The van der Waals surface area contributed by atoms with Gasteiger partial charge >= 0.3 is 0 Å². The first-order chi connectivity index (χ1) is 6.90. The van der Waals surface area contributed by atoms with E-state index in [9.17, 15) is 0 Å². The van der Waals surface area contributed by atoms with Crippen molar-refractivity contribution in [2.75, 3.05) is 0 Å². The van der Waals surface area contributed by atoms with Crippen molar-refractivity contribution >= 4 is 11.9 Å². The van der Waals surface area contributed by atoms with Crippen LogP contribution in [0.5, 0.6) is 0 Å². The molecule has 1 nitrogen and oxygen atoms in total. The van der Waals surface area contributed by atoms with Gasteiger partial charge in [-0.2, -0.15) is 0 Å². The molecule has 0 saturated carbocycles. The lowest BCUT2D eigenvalue weighted by Crippen LogP contribution is -1.80. The van der Waals surface area contributed by atoms with E-state index in [1.807, 2.05) is 30.3 Å². The maximum Gasteiger partial charge on any atom is 0.0226 e. The normalized spacial score (nSPS) is 10.1. The van der Waals surface area contributed by atoms with E-state index < -0.39 is 0 Å². The summed E-state index contributed by atoms with van der Waals surface area (Å²) in [6, 6.07) is 18.6. The van der Waals surface area contributed by atoms with Crippen molar-refractivity contribution in [3.63, 3.8) is 0 Å². The fourth-order valence-electron chi connectivity index (χ4n) is 1.36. The second kappa shape index (κ2) is 4.31. The lowest BCUT2D eigenvalue weighted by molar-refractivity contribution is 1.45. The van der Waals surface area contributed by atoms with Gasteiger partial charge in [-0.25, -0.2) is 0 Å². The zero-order chi connectivity index (χ0) is 9.80. The molecule has 2 rings (SSSR count). The smallest absolute Gasteiger partial charge is 0.0226 e. The van der Waals surface area contributed by atoms with Gasteiger partial charge in [-0.1, -0.05) is 42.5 Å². The van der Waals surface area contributed by atoms with Crippen LogP contribution in [0.1, 0.15) is 0 Å². The second-order valence-corrected chi connectivity index (χ2v) is 3.72. The van der Waals surface area contributed by atoms with Crippen LogP contribution < -0.4 is 5.14 Å². The number of hydrogen-bond donors (Lipinski definition) is 1. The Bertz CT molecular complexity index is 394. The van der Waals surface area contributed by atoms with Gasteiger partial charge in [0, 0.05) is 4.90 Å². The van der Waals surface area contributed by atoms with Gasteiger partial charge in [0.2, 0.25) is 0 Å². The zero-order valence-electron chi connectivity index (χ0n) is 7.68. The molecule has 2 aromatic carbocycles. The van der Waals surface area contributed by atoms with E-state index in [-0.39, 0.29) is 0 Å². The monoisotopic (exact) mass is 201 g/mol. The summed E-state index contributed by atoms with van der Waals surface area (Å²) in [6.45, 7) is 0. The number of hydrogen-bond acceptors (Lipinski definition) is 2. The summed E-state index contributed by atoms with van der Waals surface area (Å²) in [6.07, 6.45) is 0. The topological polar surface area (TPSA) is 26.0 Å². The van der Waals surface area contributed by atoms with Crippen LogP contribution >= 0.6 is 11.9 Å². The zero-order valence-corrected chi connectivity index (χ0v) is 8.50. The lowest BCUT2D eigenvalue weighted by atomic mass is 10.1. The van der Waals surface area contributed by atoms with E-state index in [0.29, 0.717) is 0 Å². The molecule has 0 bridgehead atoms. The highest BCUT2D eigenvalue weighted by atomic mass is 32.2. The number of benzene rings is 2. The molecule has 0 amide bonds. The van der Waals surface area contributed by atoms with Gasteiger partial charge in [0.1, 0.15) is 0 Å². The Balaban J connectivity index is 2.34. The first-order valence-corrected chi connectivity index (χ1v) is 5.30. The summed E-state index contributed by atoms with van der Waals surface area (Å²) < 4.78 is 0. The Hall–Kier alpha value is -1.25. The predicted molar refractivity (Wildman–Crippen MR) is 61.9 cm³/mol. The molecule has 0 aromatic heterocycles. The third-order valence-corrected chi connectivity index (χ3v) is 2.64. The van der Waals surface area contributed by atoms with Gasteiger partial charge in [-0.05, 0) is 35.2 Å². The summed E-state index contributed by atoms with van der Waals surface area (Å²) >= 11 is 1.27. The molecule has 0 spiro atoms. The summed E-state index contributed by atoms with van der Waals surface area (Å²) in [5.74, 6) is 0. The Labute approximate surface area is 88.1 Å². The van der Waals surface area contributed by atoms with Crippen molar-refractivity contribution in [3.05, 3.63) is 54.6 Å². The van der Waals surface area contributed by atoms with E-state index in [1.54, 1.807) is 0 Å². The van der Waals surface area contributed by atoms with Crippen LogP contribution in [0.4, 0.5) is 0 Å². The van der Waals surface area contributed by atoms with Gasteiger partial charge in [-0.15, -0.1) is 0 Å². The first-order valence-electron chi connectivity index (χ1n) is 4.42. The molecule has 2 N–H and O–H groups in total. The third-order valence-electron chi connectivity index (χ3n) is 2.10. The first kappa shape index (κ1) is 9.31. The van der Waals surface area contributed by atoms with Crippen LogP contribution in [0.2, 0.25) is 0 Å². The maximum atomic E-state index is 5.46. The lowest BCUT2D eigenvalue weighted by Gasteiger charge is -2.01. The highest BCUT2D eigenvalue weighted by molar-refractivity contribution is 7.97. The van der Waals surface area contributed by atoms with Gasteiger partial charge in [0.15, 0.2) is 0 Å². The molecule has 70 valence electrons. The molecule has 0 aliphatic heterocycles. The van der Waals surface area contributed by atoms with Crippen molar-refractivity contribution < 1.29 is 0 Å². The molecule has 0 saturated heterocycles. The van der Waals surface area contributed by atoms with Gasteiger partial charge in [0.25, 0.3) is 0 Å². The Morgan fingerprint density at radius 3 is 1.86 bits per heavy atom. The van der Waals surface area contributed by atoms with E-state index >= 15 is 0 Å². The van der Waals surface area contributed by atoms with Crippen LogP contribution in [0.3, 0.4) is 0 Å². The molecule has 0 fully saturated rings. The fourth-order valence-corrected chi connectivity index (χ4v) is 1.65. The van der Waals surface area contributed by atoms with Gasteiger partial charge in [0.05, 0.1) is 0 Å². The summed E-state index contributed by atoms with van der Waals surface area (Å²) in [4.78, 5) is 1.09. The Morgan fingerprint density at radius 2 is 1.29 bits per heavy atom. The molecule has 0 aliphatic rings. The quantitative estimate of drug-likeness (QED) is 0.754. The molecule has 0 atom stereocenters. The van der Waals surface area contributed by atoms with Crippen LogP contribution in [-0.4, -0.2) is 0 Å². The van der Waals surface area contributed by atoms with Gasteiger partial charge < -0.3 is 0 Å².